The molecule has 172 valence electrons. The zero-order valence-electron chi connectivity index (χ0n) is 19.4. The van der Waals surface area contributed by atoms with Crippen molar-refractivity contribution in [2.45, 2.75) is 52.4 Å². The number of fused-ring (bicyclic) bond motifs is 3. The Labute approximate surface area is 194 Å². The van der Waals surface area contributed by atoms with Crippen LogP contribution < -0.4 is 16.2 Å². The van der Waals surface area contributed by atoms with Crippen molar-refractivity contribution in [2.24, 2.45) is 0 Å². The van der Waals surface area contributed by atoms with Crippen molar-refractivity contribution in [2.75, 3.05) is 11.9 Å². The van der Waals surface area contributed by atoms with Crippen LogP contribution in [0.2, 0.25) is 0 Å². The third-order valence-corrected chi connectivity index (χ3v) is 6.91. The fourth-order valence-electron chi connectivity index (χ4n) is 4.86. The van der Waals surface area contributed by atoms with Crippen LogP contribution in [-0.2, 0) is 4.79 Å². The highest BCUT2D eigenvalue weighted by Gasteiger charge is 2.48. The molecule has 3 aliphatic heterocycles. The topological polar surface area (TPSA) is 80.0 Å². The normalized spacial score (nSPS) is 23.7. The highest BCUT2D eigenvalue weighted by molar-refractivity contribution is 5.95. The molecule has 3 aliphatic rings. The van der Waals surface area contributed by atoms with Crippen LogP contribution in [0.5, 0.6) is 0 Å². The van der Waals surface area contributed by atoms with Crippen molar-refractivity contribution in [3.8, 4) is 0 Å². The first kappa shape index (κ1) is 21.5. The molecule has 2 aromatic rings. The van der Waals surface area contributed by atoms with Gasteiger partial charge in [-0.1, -0.05) is 36.4 Å². The van der Waals surface area contributed by atoms with Gasteiger partial charge >= 0.3 is 6.03 Å². The minimum atomic E-state index is -0.237. The lowest BCUT2D eigenvalue weighted by atomic mass is 9.97. The van der Waals surface area contributed by atoms with Crippen LogP contribution in [0, 0.1) is 27.7 Å². The lowest BCUT2D eigenvalue weighted by Crippen LogP contribution is -2.54. The SMILES string of the molecule is Cc1ccc(C2CC3C4NN(CC(=O)Nc5c(C)cccc5C)C(=O)N4C=CN3N2)cc1C. The lowest BCUT2D eigenvalue weighted by molar-refractivity contribution is -0.117. The molecular formula is C25H30N6O2. The van der Waals surface area contributed by atoms with Gasteiger partial charge in [0, 0.05) is 18.1 Å². The molecule has 8 nitrogen and oxygen atoms in total. The van der Waals surface area contributed by atoms with Crippen molar-refractivity contribution < 1.29 is 9.59 Å². The largest absolute Gasteiger partial charge is 0.340 e. The molecule has 0 saturated carbocycles. The standard InChI is InChI=1S/C25H30N6O2/c1-15-8-9-19(12-18(15)4)20-13-21-24-28-31(25(33)29(24)10-11-30(21)27-20)14-22(32)26-23-16(2)6-5-7-17(23)3/h5-12,20-21,24,27-28H,13-14H2,1-4H3,(H,26,32). The Morgan fingerprint density at radius 2 is 1.76 bits per heavy atom. The third kappa shape index (κ3) is 3.85. The molecule has 0 bridgehead atoms. The van der Waals surface area contributed by atoms with E-state index in [1.165, 1.54) is 21.7 Å². The van der Waals surface area contributed by atoms with Gasteiger partial charge in [0.15, 0.2) is 0 Å². The average Bonchev–Trinajstić information content (AvgIpc) is 3.34. The Bertz CT molecular complexity index is 1130. The predicted molar refractivity (Wildman–Crippen MR) is 127 cm³/mol. The van der Waals surface area contributed by atoms with Crippen molar-refractivity contribution in [1.29, 1.82) is 0 Å². The molecule has 5 rings (SSSR count). The summed E-state index contributed by atoms with van der Waals surface area (Å²) in [4.78, 5) is 27.4. The average molecular weight is 447 g/mol. The number of urea groups is 1. The second-order valence-corrected chi connectivity index (χ2v) is 9.20. The molecule has 8 heteroatoms. The van der Waals surface area contributed by atoms with Gasteiger partial charge in [0.2, 0.25) is 5.91 Å². The predicted octanol–water partition coefficient (Wildman–Crippen LogP) is 3.23. The van der Waals surface area contributed by atoms with Gasteiger partial charge in [-0.05, 0) is 61.9 Å². The number of hydrogen-bond acceptors (Lipinski definition) is 5. The molecule has 0 radical (unpaired) electrons. The molecular weight excluding hydrogens is 416 g/mol. The van der Waals surface area contributed by atoms with Crippen LogP contribution in [0.4, 0.5) is 10.5 Å². The van der Waals surface area contributed by atoms with Crippen LogP contribution in [0.3, 0.4) is 0 Å². The second kappa shape index (κ2) is 8.20. The summed E-state index contributed by atoms with van der Waals surface area (Å²) in [5, 5.41) is 6.44. The highest BCUT2D eigenvalue weighted by Crippen LogP contribution is 2.35. The van der Waals surface area contributed by atoms with Crippen molar-refractivity contribution in [1.82, 2.24) is 25.8 Å². The molecule has 3 N–H and O–H groups in total. The first-order valence-electron chi connectivity index (χ1n) is 11.3. The maximum atomic E-state index is 13.0. The van der Waals surface area contributed by atoms with E-state index in [9.17, 15) is 9.59 Å². The molecule has 2 fully saturated rings. The summed E-state index contributed by atoms with van der Waals surface area (Å²) >= 11 is 0. The Kier molecular flexibility index (Phi) is 5.34. The van der Waals surface area contributed by atoms with Gasteiger partial charge in [0.1, 0.15) is 12.7 Å². The maximum Gasteiger partial charge on any atom is 0.340 e. The monoisotopic (exact) mass is 446 g/mol. The van der Waals surface area contributed by atoms with Gasteiger partial charge in [-0.15, -0.1) is 0 Å². The molecule has 2 aromatic carbocycles. The smallest absolute Gasteiger partial charge is 0.324 e. The number of aryl methyl sites for hydroxylation is 4. The fourth-order valence-corrected chi connectivity index (χ4v) is 4.86. The van der Waals surface area contributed by atoms with Gasteiger partial charge in [-0.2, -0.15) is 0 Å². The molecule has 3 heterocycles. The third-order valence-electron chi connectivity index (χ3n) is 6.91. The number of para-hydroxylation sites is 1. The Morgan fingerprint density at radius 3 is 2.48 bits per heavy atom. The summed E-state index contributed by atoms with van der Waals surface area (Å²) in [5.74, 6) is -0.230. The van der Waals surface area contributed by atoms with Gasteiger partial charge in [0.25, 0.3) is 0 Å². The Morgan fingerprint density at radius 1 is 1.00 bits per heavy atom. The number of benzene rings is 2. The number of hydrazine groups is 2. The Hall–Kier alpha value is -3.36. The number of amides is 3. The summed E-state index contributed by atoms with van der Waals surface area (Å²) in [6.45, 7) is 8.10. The number of hydrogen-bond donors (Lipinski definition) is 3. The van der Waals surface area contributed by atoms with Crippen LogP contribution in [0.25, 0.3) is 0 Å². The van der Waals surface area contributed by atoms with Gasteiger partial charge in [-0.3, -0.25) is 9.69 Å². The number of rotatable bonds is 4. The van der Waals surface area contributed by atoms with Gasteiger partial charge in [0.05, 0.1) is 12.1 Å². The van der Waals surface area contributed by atoms with E-state index in [4.69, 9.17) is 0 Å². The zero-order valence-corrected chi connectivity index (χ0v) is 19.4. The Balaban J connectivity index is 1.27. The molecule has 2 saturated heterocycles. The molecule has 3 atom stereocenters. The number of carbonyl (C=O) groups is 2. The molecule has 3 unspecified atom stereocenters. The summed E-state index contributed by atoms with van der Waals surface area (Å²) < 4.78 is 0. The first-order chi connectivity index (χ1) is 15.8. The van der Waals surface area contributed by atoms with Crippen molar-refractivity contribution in [3.63, 3.8) is 0 Å². The molecule has 0 spiro atoms. The number of anilines is 1. The van der Waals surface area contributed by atoms with E-state index in [0.29, 0.717) is 0 Å². The molecule has 0 aliphatic carbocycles. The van der Waals surface area contributed by atoms with Crippen molar-refractivity contribution >= 4 is 17.6 Å². The van der Waals surface area contributed by atoms with Gasteiger partial charge < -0.3 is 10.3 Å². The summed E-state index contributed by atoms with van der Waals surface area (Å²) in [5.41, 5.74) is 13.4. The highest BCUT2D eigenvalue weighted by atomic mass is 16.2. The van der Waals surface area contributed by atoms with Crippen LogP contribution in [-0.4, -0.2) is 45.6 Å². The minimum Gasteiger partial charge on any atom is -0.324 e. The van der Waals surface area contributed by atoms with E-state index in [-0.39, 0.29) is 36.7 Å². The van der Waals surface area contributed by atoms with E-state index in [0.717, 1.165) is 23.2 Å². The van der Waals surface area contributed by atoms with E-state index < -0.39 is 0 Å². The lowest BCUT2D eigenvalue weighted by Gasteiger charge is -2.34. The molecule has 0 aromatic heterocycles. The quantitative estimate of drug-likeness (QED) is 0.672. The van der Waals surface area contributed by atoms with Gasteiger partial charge in [-0.25, -0.2) is 20.7 Å². The summed E-state index contributed by atoms with van der Waals surface area (Å²) in [7, 11) is 0. The van der Waals surface area contributed by atoms with E-state index in [1.54, 1.807) is 11.1 Å². The zero-order chi connectivity index (χ0) is 23.3. The summed E-state index contributed by atoms with van der Waals surface area (Å²) in [6, 6.07) is 12.4. The fraction of sp³-hybridized carbons (Fsp3) is 0.360. The number of nitrogens with one attached hydrogen (secondary N) is 3. The van der Waals surface area contributed by atoms with Crippen LogP contribution in [0.1, 0.15) is 40.3 Å². The van der Waals surface area contributed by atoms with E-state index in [1.807, 2.05) is 38.2 Å². The van der Waals surface area contributed by atoms with E-state index in [2.05, 4.69) is 53.2 Å². The number of carbonyl (C=O) groups excluding carboxylic acids is 2. The van der Waals surface area contributed by atoms with Crippen LogP contribution >= 0.6 is 0 Å². The molecule has 3 amide bonds. The van der Waals surface area contributed by atoms with Crippen LogP contribution in [0.15, 0.2) is 48.8 Å². The number of nitrogens with zero attached hydrogens (tertiary/aromatic N) is 3. The molecule has 33 heavy (non-hydrogen) atoms. The first-order valence-corrected chi connectivity index (χ1v) is 11.3. The minimum absolute atomic E-state index is 0.0530. The van der Waals surface area contributed by atoms with Crippen molar-refractivity contribution in [3.05, 3.63) is 76.6 Å². The second-order valence-electron chi connectivity index (χ2n) is 9.20. The summed E-state index contributed by atoms with van der Waals surface area (Å²) in [6.07, 6.45) is 4.29. The maximum absolute atomic E-state index is 13.0. The van der Waals surface area contributed by atoms with E-state index >= 15 is 0 Å².